The van der Waals surface area contributed by atoms with Crippen LogP contribution in [0.1, 0.15) is 0 Å². The quantitative estimate of drug-likeness (QED) is 0.592. The fourth-order valence-corrected chi connectivity index (χ4v) is 1.37. The molecule has 84 valence electrons. The molecule has 2 aromatic rings. The fourth-order valence-electron chi connectivity index (χ4n) is 1.37. The van der Waals surface area contributed by atoms with Crippen molar-refractivity contribution in [1.82, 2.24) is 14.8 Å². The molecule has 0 fully saturated rings. The lowest BCUT2D eigenvalue weighted by molar-refractivity contribution is 0.414. The second kappa shape index (κ2) is 3.61. The number of hydrogen-bond donors (Lipinski definition) is 3. The smallest absolute Gasteiger partial charge is 0.349 e. The number of methoxy groups -OCH3 is 1. The third-order valence-electron chi connectivity index (χ3n) is 2.16. The fraction of sp³-hybridized carbons (Fsp3) is 0.111. The van der Waals surface area contributed by atoms with E-state index in [0.717, 1.165) is 4.57 Å². The molecule has 0 unspecified atom stereocenters. The summed E-state index contributed by atoms with van der Waals surface area (Å²) in [5.41, 5.74) is 5.13. The van der Waals surface area contributed by atoms with Crippen LogP contribution < -0.4 is 21.9 Å². The first kappa shape index (κ1) is 10.1. The number of aromatic nitrogens is 3. The molecule has 0 bridgehead atoms. The number of H-pyrrole nitrogens is 2. The van der Waals surface area contributed by atoms with Crippen molar-refractivity contribution in [3.8, 4) is 11.4 Å². The van der Waals surface area contributed by atoms with Crippen LogP contribution in [0.2, 0.25) is 0 Å². The van der Waals surface area contributed by atoms with Gasteiger partial charge in [0.05, 0.1) is 18.5 Å². The van der Waals surface area contributed by atoms with Gasteiger partial charge in [0.2, 0.25) is 0 Å². The van der Waals surface area contributed by atoms with Crippen LogP contribution in [0.25, 0.3) is 5.69 Å². The summed E-state index contributed by atoms with van der Waals surface area (Å²) in [6, 6.07) is 4.72. The average molecular weight is 222 g/mol. The number of benzene rings is 1. The van der Waals surface area contributed by atoms with Crippen LogP contribution in [0.15, 0.2) is 27.8 Å². The van der Waals surface area contributed by atoms with E-state index in [0.29, 0.717) is 11.4 Å². The van der Waals surface area contributed by atoms with Crippen LogP contribution in [0, 0.1) is 0 Å². The molecule has 4 N–H and O–H groups in total. The Kier molecular flexibility index (Phi) is 2.28. The van der Waals surface area contributed by atoms with Crippen LogP contribution in [0.3, 0.4) is 0 Å². The van der Waals surface area contributed by atoms with E-state index in [4.69, 9.17) is 10.5 Å². The number of rotatable bonds is 2. The minimum Gasteiger partial charge on any atom is -0.497 e. The van der Waals surface area contributed by atoms with Gasteiger partial charge in [0.1, 0.15) is 5.75 Å². The summed E-state index contributed by atoms with van der Waals surface area (Å²) in [7, 11) is 1.49. The number of ether oxygens (including phenoxy) is 1. The minimum absolute atomic E-state index is 0.284. The third-order valence-corrected chi connectivity index (χ3v) is 2.16. The summed E-state index contributed by atoms with van der Waals surface area (Å²) in [5, 5.41) is 4.35. The Bertz CT molecular complexity index is 595. The van der Waals surface area contributed by atoms with Crippen molar-refractivity contribution in [2.45, 2.75) is 0 Å². The number of hydrogen-bond acceptors (Lipinski definition) is 4. The molecule has 16 heavy (non-hydrogen) atoms. The number of nitrogens with two attached hydrogens (primary N) is 1. The van der Waals surface area contributed by atoms with Crippen LogP contribution >= 0.6 is 0 Å². The number of anilines is 1. The number of aromatic amines is 2. The van der Waals surface area contributed by atoms with Gasteiger partial charge in [0, 0.05) is 6.07 Å². The van der Waals surface area contributed by atoms with Gasteiger partial charge in [-0.1, -0.05) is 0 Å². The Morgan fingerprint density at radius 3 is 2.44 bits per heavy atom. The molecule has 0 saturated carbocycles. The first-order valence-electron chi connectivity index (χ1n) is 4.47. The molecule has 0 aliphatic carbocycles. The summed E-state index contributed by atoms with van der Waals surface area (Å²) in [4.78, 5) is 22.7. The Labute approximate surface area is 89.5 Å². The molecule has 1 heterocycles. The van der Waals surface area contributed by atoms with Crippen molar-refractivity contribution in [2.24, 2.45) is 0 Å². The van der Waals surface area contributed by atoms with E-state index >= 15 is 0 Å². The van der Waals surface area contributed by atoms with Crippen molar-refractivity contribution in [1.29, 1.82) is 0 Å². The highest BCUT2D eigenvalue weighted by Crippen LogP contribution is 2.20. The molecule has 0 radical (unpaired) electrons. The summed E-state index contributed by atoms with van der Waals surface area (Å²) >= 11 is 0. The van der Waals surface area contributed by atoms with Crippen LogP contribution in [0.4, 0.5) is 5.69 Å². The van der Waals surface area contributed by atoms with E-state index in [1.54, 1.807) is 12.1 Å². The van der Waals surface area contributed by atoms with Gasteiger partial charge in [0.25, 0.3) is 0 Å². The lowest BCUT2D eigenvalue weighted by Gasteiger charge is -2.06. The summed E-state index contributed by atoms with van der Waals surface area (Å²) in [5.74, 6) is 0.511. The first-order chi connectivity index (χ1) is 7.63. The van der Waals surface area contributed by atoms with E-state index < -0.39 is 11.4 Å². The van der Waals surface area contributed by atoms with Gasteiger partial charge in [-0.15, -0.1) is 0 Å². The highest BCUT2D eigenvalue weighted by molar-refractivity contribution is 5.60. The van der Waals surface area contributed by atoms with E-state index in [1.165, 1.54) is 13.2 Å². The van der Waals surface area contributed by atoms with Crippen molar-refractivity contribution in [3.05, 3.63) is 39.2 Å². The molecular weight excluding hydrogens is 212 g/mol. The Morgan fingerprint density at radius 1 is 1.25 bits per heavy atom. The largest absolute Gasteiger partial charge is 0.497 e. The number of nitrogens with zero attached hydrogens (tertiary/aromatic N) is 1. The Hall–Kier alpha value is -2.44. The van der Waals surface area contributed by atoms with Crippen molar-refractivity contribution in [3.63, 3.8) is 0 Å². The molecule has 0 saturated heterocycles. The molecule has 0 aliphatic heterocycles. The zero-order valence-electron chi connectivity index (χ0n) is 8.48. The number of nitrogen functional groups attached to an aromatic ring is 1. The second-order valence-corrected chi connectivity index (χ2v) is 3.12. The minimum atomic E-state index is -0.579. The van der Waals surface area contributed by atoms with Crippen LogP contribution in [-0.4, -0.2) is 21.9 Å². The molecule has 7 nitrogen and oxygen atoms in total. The standard InChI is InChI=1S/C9H10N4O3/c1-16-5-2-3-6(10)7(4-5)13-8(14)11-12-9(13)15/h2-4H,10H2,1H3,(H,11,14)(H,12,15). The maximum atomic E-state index is 11.4. The van der Waals surface area contributed by atoms with E-state index in [-0.39, 0.29) is 5.69 Å². The molecule has 7 heteroatoms. The lowest BCUT2D eigenvalue weighted by Crippen LogP contribution is -2.25. The lowest BCUT2D eigenvalue weighted by atomic mass is 10.2. The normalized spacial score (nSPS) is 10.3. The number of nitrogens with one attached hydrogen (secondary N) is 2. The van der Waals surface area contributed by atoms with Gasteiger partial charge in [-0.3, -0.25) is 0 Å². The van der Waals surface area contributed by atoms with Gasteiger partial charge in [-0.05, 0) is 12.1 Å². The first-order valence-corrected chi connectivity index (χ1v) is 4.47. The zero-order chi connectivity index (χ0) is 11.7. The second-order valence-electron chi connectivity index (χ2n) is 3.12. The molecule has 0 atom stereocenters. The molecule has 0 spiro atoms. The molecule has 2 rings (SSSR count). The van der Waals surface area contributed by atoms with Crippen LogP contribution in [0.5, 0.6) is 5.75 Å². The molecule has 0 amide bonds. The third kappa shape index (κ3) is 1.48. The van der Waals surface area contributed by atoms with E-state index in [9.17, 15) is 9.59 Å². The topological polar surface area (TPSA) is 106 Å². The summed E-state index contributed by atoms with van der Waals surface area (Å²) < 4.78 is 5.89. The summed E-state index contributed by atoms with van der Waals surface area (Å²) in [6.07, 6.45) is 0. The molecule has 1 aromatic heterocycles. The Morgan fingerprint density at radius 2 is 1.88 bits per heavy atom. The highest BCUT2D eigenvalue weighted by atomic mass is 16.5. The molecular formula is C9H10N4O3. The van der Waals surface area contributed by atoms with Crippen molar-refractivity contribution < 1.29 is 4.74 Å². The SMILES string of the molecule is COc1ccc(N)c(-n2c(=O)[nH][nH]c2=O)c1. The van der Waals surface area contributed by atoms with Gasteiger partial charge in [-0.2, -0.15) is 0 Å². The highest BCUT2D eigenvalue weighted by Gasteiger charge is 2.10. The predicted molar refractivity (Wildman–Crippen MR) is 58.0 cm³/mol. The van der Waals surface area contributed by atoms with E-state index in [1.807, 2.05) is 0 Å². The zero-order valence-corrected chi connectivity index (χ0v) is 8.48. The Balaban J connectivity index is 2.73. The van der Waals surface area contributed by atoms with Gasteiger partial charge < -0.3 is 10.5 Å². The van der Waals surface area contributed by atoms with E-state index in [2.05, 4.69) is 10.2 Å². The predicted octanol–water partition coefficient (Wildman–Crippen LogP) is -0.555. The maximum Gasteiger partial charge on any atom is 0.349 e. The van der Waals surface area contributed by atoms with Crippen LogP contribution in [-0.2, 0) is 0 Å². The summed E-state index contributed by atoms with van der Waals surface area (Å²) in [6.45, 7) is 0. The van der Waals surface area contributed by atoms with Gasteiger partial charge in [-0.25, -0.2) is 24.4 Å². The molecule has 1 aromatic carbocycles. The molecule has 0 aliphatic rings. The van der Waals surface area contributed by atoms with Crippen molar-refractivity contribution in [2.75, 3.05) is 12.8 Å². The average Bonchev–Trinajstić information content (AvgIpc) is 2.60. The van der Waals surface area contributed by atoms with Crippen molar-refractivity contribution >= 4 is 5.69 Å². The monoisotopic (exact) mass is 222 g/mol. The van der Waals surface area contributed by atoms with Gasteiger partial charge in [0.15, 0.2) is 0 Å². The van der Waals surface area contributed by atoms with Gasteiger partial charge >= 0.3 is 11.4 Å². The maximum absolute atomic E-state index is 11.4.